The third-order valence-electron chi connectivity index (χ3n) is 3.68. The average Bonchev–Trinajstić information content (AvgIpc) is 2.61. The molecule has 0 aliphatic rings. The SMILES string of the molecule is Cn1c(=O)c(C(=O)N/N=C\c2ccccc2)c(O)c2ccccc21. The van der Waals surface area contributed by atoms with E-state index in [1.165, 1.54) is 10.8 Å². The molecular weight excluding hydrogens is 306 g/mol. The molecule has 0 aliphatic carbocycles. The number of nitrogens with zero attached hydrogens (tertiary/aromatic N) is 2. The number of para-hydroxylation sites is 1. The van der Waals surface area contributed by atoms with Crippen molar-refractivity contribution in [2.45, 2.75) is 0 Å². The smallest absolute Gasteiger partial charge is 0.280 e. The maximum absolute atomic E-state index is 12.4. The van der Waals surface area contributed by atoms with Gasteiger partial charge in [-0.1, -0.05) is 42.5 Å². The van der Waals surface area contributed by atoms with Crippen molar-refractivity contribution >= 4 is 23.0 Å². The standard InChI is InChI=1S/C18H15N3O3/c1-21-14-10-6-5-9-13(14)16(22)15(18(21)24)17(23)20-19-11-12-7-3-2-4-8-12/h2-11,22H,1H3,(H,20,23)/b19-11-. The molecule has 3 rings (SSSR count). The van der Waals surface area contributed by atoms with Gasteiger partial charge in [0.1, 0.15) is 11.3 Å². The highest BCUT2D eigenvalue weighted by molar-refractivity contribution is 6.02. The lowest BCUT2D eigenvalue weighted by atomic mass is 10.1. The molecule has 6 nitrogen and oxygen atoms in total. The highest BCUT2D eigenvalue weighted by atomic mass is 16.3. The van der Waals surface area contributed by atoms with Gasteiger partial charge in [0.25, 0.3) is 11.5 Å². The van der Waals surface area contributed by atoms with E-state index in [0.29, 0.717) is 10.9 Å². The van der Waals surface area contributed by atoms with E-state index in [4.69, 9.17) is 0 Å². The van der Waals surface area contributed by atoms with Gasteiger partial charge in [-0.05, 0) is 17.7 Å². The van der Waals surface area contributed by atoms with Gasteiger partial charge in [-0.25, -0.2) is 5.43 Å². The van der Waals surface area contributed by atoms with Gasteiger partial charge < -0.3 is 9.67 Å². The highest BCUT2D eigenvalue weighted by Crippen LogP contribution is 2.25. The number of benzene rings is 2. The van der Waals surface area contributed by atoms with Gasteiger partial charge in [-0.15, -0.1) is 0 Å². The number of carbonyl (C=O) groups excluding carboxylic acids is 1. The van der Waals surface area contributed by atoms with Crippen molar-refractivity contribution in [1.82, 2.24) is 9.99 Å². The Morgan fingerprint density at radius 2 is 1.79 bits per heavy atom. The molecule has 120 valence electrons. The van der Waals surface area contributed by atoms with Gasteiger partial charge in [0.15, 0.2) is 0 Å². The molecule has 0 saturated heterocycles. The van der Waals surface area contributed by atoms with Crippen LogP contribution in [-0.2, 0) is 7.05 Å². The quantitative estimate of drug-likeness (QED) is 0.572. The number of hydrogen-bond acceptors (Lipinski definition) is 4. The van der Waals surface area contributed by atoms with Gasteiger partial charge in [0.2, 0.25) is 0 Å². The minimum absolute atomic E-state index is 0.332. The second kappa shape index (κ2) is 6.37. The number of carbonyl (C=O) groups is 1. The number of nitrogens with one attached hydrogen (secondary N) is 1. The number of aryl methyl sites for hydroxylation is 1. The van der Waals surface area contributed by atoms with E-state index >= 15 is 0 Å². The first-order valence-electron chi connectivity index (χ1n) is 7.28. The molecule has 0 spiro atoms. The topological polar surface area (TPSA) is 83.7 Å². The van der Waals surface area contributed by atoms with Crippen molar-refractivity contribution in [3.8, 4) is 5.75 Å². The predicted octanol–water partition coefficient (Wildman–Crippen LogP) is 2.01. The number of fused-ring (bicyclic) bond motifs is 1. The van der Waals surface area contributed by atoms with Crippen molar-refractivity contribution in [3.05, 3.63) is 76.1 Å². The third kappa shape index (κ3) is 2.77. The largest absolute Gasteiger partial charge is 0.506 e. The first-order chi connectivity index (χ1) is 11.6. The average molecular weight is 321 g/mol. The number of hydrazone groups is 1. The van der Waals surface area contributed by atoms with Gasteiger partial charge in [-0.3, -0.25) is 9.59 Å². The first-order valence-corrected chi connectivity index (χ1v) is 7.28. The molecule has 1 amide bonds. The summed E-state index contributed by atoms with van der Waals surface area (Å²) < 4.78 is 1.32. The Kier molecular flexibility index (Phi) is 4.11. The summed E-state index contributed by atoms with van der Waals surface area (Å²) in [6.45, 7) is 0. The van der Waals surface area contributed by atoms with Crippen molar-refractivity contribution in [1.29, 1.82) is 0 Å². The number of pyridine rings is 1. The fourth-order valence-corrected chi connectivity index (χ4v) is 2.44. The maximum atomic E-state index is 12.4. The molecule has 2 aromatic carbocycles. The number of amides is 1. The molecule has 0 fully saturated rings. The first kappa shape index (κ1) is 15.5. The van der Waals surface area contributed by atoms with Crippen LogP contribution in [0.25, 0.3) is 10.9 Å². The minimum Gasteiger partial charge on any atom is -0.506 e. The number of aromatic nitrogens is 1. The molecule has 3 aromatic rings. The van der Waals surface area contributed by atoms with Crippen LogP contribution < -0.4 is 11.0 Å². The van der Waals surface area contributed by atoms with E-state index in [2.05, 4.69) is 10.5 Å². The van der Waals surface area contributed by atoms with E-state index in [9.17, 15) is 14.7 Å². The van der Waals surface area contributed by atoms with Gasteiger partial charge in [-0.2, -0.15) is 5.10 Å². The molecule has 6 heteroatoms. The lowest BCUT2D eigenvalue weighted by Crippen LogP contribution is -2.30. The monoisotopic (exact) mass is 321 g/mol. The molecular formula is C18H15N3O3. The summed E-state index contributed by atoms with van der Waals surface area (Å²) in [5, 5.41) is 14.6. The number of hydrogen-bond donors (Lipinski definition) is 2. The molecule has 0 unspecified atom stereocenters. The molecule has 0 saturated carbocycles. The van der Waals surface area contributed by atoms with Crippen molar-refractivity contribution in [3.63, 3.8) is 0 Å². The van der Waals surface area contributed by atoms with Crippen LogP contribution in [-0.4, -0.2) is 21.8 Å². The van der Waals surface area contributed by atoms with Crippen molar-refractivity contribution < 1.29 is 9.90 Å². The van der Waals surface area contributed by atoms with Crippen molar-refractivity contribution in [2.24, 2.45) is 12.1 Å². The Bertz CT molecular complexity index is 992. The summed E-state index contributed by atoms with van der Waals surface area (Å²) in [6.07, 6.45) is 1.46. The van der Waals surface area contributed by atoms with Crippen LogP contribution in [0.3, 0.4) is 0 Å². The second-order valence-corrected chi connectivity index (χ2v) is 5.21. The van der Waals surface area contributed by atoms with Gasteiger partial charge in [0, 0.05) is 12.4 Å². The molecule has 1 heterocycles. The van der Waals surface area contributed by atoms with Gasteiger partial charge >= 0.3 is 0 Å². The summed E-state index contributed by atoms with van der Waals surface area (Å²) in [4.78, 5) is 24.6. The minimum atomic E-state index is -0.758. The Morgan fingerprint density at radius 1 is 1.12 bits per heavy atom. The van der Waals surface area contributed by atoms with Crippen LogP contribution in [0, 0.1) is 0 Å². The number of aromatic hydroxyl groups is 1. The lowest BCUT2D eigenvalue weighted by Gasteiger charge is -2.10. The van der Waals surface area contributed by atoms with Gasteiger partial charge in [0.05, 0.1) is 11.7 Å². The van der Waals surface area contributed by atoms with E-state index in [1.807, 2.05) is 30.3 Å². The van der Waals surface area contributed by atoms with E-state index in [0.717, 1.165) is 5.56 Å². The van der Waals surface area contributed by atoms with Crippen LogP contribution in [0.1, 0.15) is 15.9 Å². The molecule has 0 atom stereocenters. The Labute approximate surface area is 137 Å². The normalized spacial score (nSPS) is 11.0. The Morgan fingerprint density at radius 3 is 2.54 bits per heavy atom. The van der Waals surface area contributed by atoms with Crippen LogP contribution in [0.5, 0.6) is 5.75 Å². The fraction of sp³-hybridized carbons (Fsp3) is 0.0556. The highest BCUT2D eigenvalue weighted by Gasteiger charge is 2.20. The second-order valence-electron chi connectivity index (χ2n) is 5.21. The maximum Gasteiger partial charge on any atom is 0.280 e. The molecule has 0 radical (unpaired) electrons. The molecule has 1 aromatic heterocycles. The Balaban J connectivity index is 1.96. The summed E-state index contributed by atoms with van der Waals surface area (Å²) in [5.41, 5.74) is 2.71. The zero-order valence-corrected chi connectivity index (χ0v) is 12.9. The summed E-state index contributed by atoms with van der Waals surface area (Å²) in [6, 6.07) is 16.0. The molecule has 2 N–H and O–H groups in total. The van der Waals surface area contributed by atoms with Crippen LogP contribution >= 0.6 is 0 Å². The molecule has 24 heavy (non-hydrogen) atoms. The van der Waals surface area contributed by atoms with Crippen LogP contribution in [0.4, 0.5) is 0 Å². The number of rotatable bonds is 3. The molecule has 0 aliphatic heterocycles. The zero-order valence-electron chi connectivity index (χ0n) is 12.9. The lowest BCUT2D eigenvalue weighted by molar-refractivity contribution is 0.0950. The Hall–Kier alpha value is -3.41. The third-order valence-corrected chi connectivity index (χ3v) is 3.68. The predicted molar refractivity (Wildman–Crippen MR) is 92.4 cm³/mol. The van der Waals surface area contributed by atoms with E-state index in [1.54, 1.807) is 31.3 Å². The van der Waals surface area contributed by atoms with Crippen molar-refractivity contribution in [2.75, 3.05) is 0 Å². The van der Waals surface area contributed by atoms with Crippen LogP contribution in [0.15, 0.2) is 64.5 Å². The van der Waals surface area contributed by atoms with E-state index in [-0.39, 0.29) is 11.3 Å². The summed E-state index contributed by atoms with van der Waals surface area (Å²) in [7, 11) is 1.55. The van der Waals surface area contributed by atoms with Crippen LogP contribution in [0.2, 0.25) is 0 Å². The zero-order chi connectivity index (χ0) is 17.1. The van der Waals surface area contributed by atoms with E-state index < -0.39 is 11.5 Å². The fourth-order valence-electron chi connectivity index (χ4n) is 2.44. The molecule has 0 bridgehead atoms. The summed E-state index contributed by atoms with van der Waals surface area (Å²) in [5.74, 6) is -1.10. The summed E-state index contributed by atoms with van der Waals surface area (Å²) >= 11 is 0.